The normalized spacial score (nSPS) is 12.9. The first kappa shape index (κ1) is 19.7. The molecule has 7 nitrogen and oxygen atoms in total. The Bertz CT molecular complexity index is 1410. The lowest BCUT2D eigenvalue weighted by Gasteiger charge is -2.18. The number of hydrogen-bond donors (Lipinski definition) is 1. The number of nitrogens with one attached hydrogen (secondary N) is 1. The van der Waals surface area contributed by atoms with Gasteiger partial charge < -0.3 is 10.1 Å². The molecule has 0 fully saturated rings. The molecular weight excluding hydrogens is 482 g/mol. The molecule has 2 aromatic heterocycles. The van der Waals surface area contributed by atoms with Crippen LogP contribution in [0.5, 0.6) is 5.75 Å². The minimum atomic E-state index is -0.277. The van der Waals surface area contributed by atoms with Gasteiger partial charge in [0.25, 0.3) is 11.5 Å². The van der Waals surface area contributed by atoms with E-state index in [9.17, 15) is 14.4 Å². The smallest absolute Gasteiger partial charge is 0.263 e. The van der Waals surface area contributed by atoms with Gasteiger partial charge in [0.1, 0.15) is 10.6 Å². The van der Waals surface area contributed by atoms with Crippen LogP contribution in [-0.4, -0.2) is 27.8 Å². The van der Waals surface area contributed by atoms with E-state index in [1.165, 1.54) is 22.2 Å². The Morgan fingerprint density at radius 2 is 2.00 bits per heavy atom. The van der Waals surface area contributed by atoms with Crippen LogP contribution in [0.3, 0.4) is 0 Å². The summed E-state index contributed by atoms with van der Waals surface area (Å²) >= 11 is 4.81. The van der Waals surface area contributed by atoms with E-state index in [0.29, 0.717) is 27.2 Å². The number of fused-ring (bicyclic) bond motifs is 2. The van der Waals surface area contributed by atoms with Crippen molar-refractivity contribution in [3.05, 3.63) is 74.6 Å². The zero-order valence-electron chi connectivity index (χ0n) is 15.9. The van der Waals surface area contributed by atoms with Crippen LogP contribution in [-0.2, 0) is 11.3 Å². The third-order valence-electron chi connectivity index (χ3n) is 4.96. The number of ether oxygens (including phenoxy) is 1. The third-order valence-corrected chi connectivity index (χ3v) is 6.38. The number of aromatic nitrogens is 2. The first-order valence-corrected chi connectivity index (χ1v) is 11.0. The molecular formula is C22H14BrN3O4S. The average molecular weight is 496 g/mol. The Hall–Kier alpha value is -3.30. The molecule has 0 unspecified atom stereocenters. The highest BCUT2D eigenvalue weighted by Crippen LogP contribution is 2.32. The summed E-state index contributed by atoms with van der Waals surface area (Å²) in [6.45, 7) is -0.215. The number of carbonyl (C=O) groups is 2. The second-order valence-corrected chi connectivity index (χ2v) is 8.76. The van der Waals surface area contributed by atoms with Gasteiger partial charge in [-0.05, 0) is 35.9 Å². The number of carbonyl (C=O) groups excluding carboxylic acids is 2. The molecule has 0 radical (unpaired) electrons. The van der Waals surface area contributed by atoms with E-state index in [4.69, 9.17) is 4.74 Å². The highest BCUT2D eigenvalue weighted by atomic mass is 79.9. The number of rotatable bonds is 4. The summed E-state index contributed by atoms with van der Waals surface area (Å²) in [5, 5.41) is 5.08. The number of halogens is 1. The molecule has 5 rings (SSSR count). The van der Waals surface area contributed by atoms with Gasteiger partial charge in [-0.25, -0.2) is 4.98 Å². The van der Waals surface area contributed by atoms with Crippen molar-refractivity contribution >= 4 is 54.9 Å². The van der Waals surface area contributed by atoms with Gasteiger partial charge in [-0.15, -0.1) is 11.3 Å². The summed E-state index contributed by atoms with van der Waals surface area (Å²) in [7, 11) is 0. The second-order valence-electron chi connectivity index (χ2n) is 6.99. The largest absolute Gasteiger partial charge is 0.482 e. The molecule has 1 amide bonds. The second kappa shape index (κ2) is 7.75. The Balaban J connectivity index is 1.49. The zero-order valence-corrected chi connectivity index (χ0v) is 18.3. The summed E-state index contributed by atoms with van der Waals surface area (Å²) in [5.41, 5.74) is 2.24. The lowest BCUT2D eigenvalue weighted by molar-refractivity contribution is -0.118. The van der Waals surface area contributed by atoms with E-state index in [1.807, 2.05) is 29.6 Å². The average Bonchev–Trinajstić information content (AvgIpc) is 3.20. The van der Waals surface area contributed by atoms with Gasteiger partial charge in [-0.2, -0.15) is 0 Å². The topological polar surface area (TPSA) is 90.3 Å². The minimum absolute atomic E-state index is 0.0529. The molecule has 0 saturated carbocycles. The lowest BCUT2D eigenvalue weighted by atomic mass is 10.1. The molecule has 0 bridgehead atoms. The fraction of sp³-hybridized carbons (Fsp3) is 0.0909. The van der Waals surface area contributed by atoms with Crippen LogP contribution in [0.2, 0.25) is 0 Å². The van der Waals surface area contributed by atoms with Gasteiger partial charge >= 0.3 is 0 Å². The molecule has 0 saturated heterocycles. The van der Waals surface area contributed by atoms with Crippen molar-refractivity contribution < 1.29 is 14.3 Å². The van der Waals surface area contributed by atoms with Crippen molar-refractivity contribution in [1.29, 1.82) is 0 Å². The molecule has 2 aromatic carbocycles. The maximum Gasteiger partial charge on any atom is 0.263 e. The number of amides is 1. The molecule has 1 aliphatic heterocycles. The fourth-order valence-corrected chi connectivity index (χ4v) is 4.60. The maximum absolute atomic E-state index is 13.2. The molecule has 1 N–H and O–H groups in total. The number of benzene rings is 2. The molecule has 0 atom stereocenters. The van der Waals surface area contributed by atoms with Gasteiger partial charge in [0.05, 0.1) is 23.9 Å². The number of thiophene rings is 1. The van der Waals surface area contributed by atoms with E-state index >= 15 is 0 Å². The highest BCUT2D eigenvalue weighted by molar-refractivity contribution is 9.10. The number of Topliss-reactive ketones (excluding diaryl/α,β-unsaturated/α-hetero) is 1. The quantitative estimate of drug-likeness (QED) is 0.430. The van der Waals surface area contributed by atoms with Crippen molar-refractivity contribution in [2.75, 3.05) is 11.9 Å². The van der Waals surface area contributed by atoms with Gasteiger partial charge in [0.2, 0.25) is 0 Å². The van der Waals surface area contributed by atoms with Crippen LogP contribution in [0.4, 0.5) is 5.69 Å². The van der Waals surface area contributed by atoms with Gasteiger partial charge in [-0.3, -0.25) is 19.0 Å². The SMILES string of the molecule is O=C1COc2ccc(C(=O)Cn3cnc4scc(-c5ccc(Br)cc5)c4c3=O)cc2N1. The van der Waals surface area contributed by atoms with Crippen molar-refractivity contribution in [3.63, 3.8) is 0 Å². The van der Waals surface area contributed by atoms with Crippen molar-refractivity contribution in [1.82, 2.24) is 9.55 Å². The third kappa shape index (κ3) is 3.66. The Morgan fingerprint density at radius 1 is 1.19 bits per heavy atom. The van der Waals surface area contributed by atoms with Gasteiger partial charge in [0.15, 0.2) is 12.4 Å². The molecule has 0 aliphatic carbocycles. The van der Waals surface area contributed by atoms with Crippen molar-refractivity contribution in [2.24, 2.45) is 0 Å². The van der Waals surface area contributed by atoms with E-state index in [0.717, 1.165) is 15.6 Å². The van der Waals surface area contributed by atoms with E-state index in [2.05, 4.69) is 26.2 Å². The summed E-state index contributed by atoms with van der Waals surface area (Å²) in [5.74, 6) is -0.0407. The van der Waals surface area contributed by atoms with Crippen LogP contribution >= 0.6 is 27.3 Å². The fourth-order valence-electron chi connectivity index (χ4n) is 3.42. The van der Waals surface area contributed by atoms with Crippen molar-refractivity contribution in [3.8, 4) is 16.9 Å². The number of hydrogen-bond acceptors (Lipinski definition) is 6. The Kier molecular flexibility index (Phi) is 4.91. The summed E-state index contributed by atoms with van der Waals surface area (Å²) in [6, 6.07) is 12.5. The molecule has 0 spiro atoms. The predicted octanol–water partition coefficient (Wildman–Crippen LogP) is 4.10. The number of ketones is 1. The highest BCUT2D eigenvalue weighted by Gasteiger charge is 2.19. The van der Waals surface area contributed by atoms with Crippen LogP contribution in [0.15, 0.2) is 63.4 Å². The van der Waals surface area contributed by atoms with Crippen LogP contribution in [0, 0.1) is 0 Å². The van der Waals surface area contributed by atoms with Crippen molar-refractivity contribution in [2.45, 2.75) is 6.54 Å². The van der Waals surface area contributed by atoms with Crippen LogP contribution in [0.1, 0.15) is 10.4 Å². The maximum atomic E-state index is 13.2. The monoisotopic (exact) mass is 495 g/mol. The molecule has 9 heteroatoms. The first-order chi connectivity index (χ1) is 15.0. The summed E-state index contributed by atoms with van der Waals surface area (Å²) in [4.78, 5) is 42.6. The predicted molar refractivity (Wildman–Crippen MR) is 122 cm³/mol. The zero-order chi connectivity index (χ0) is 21.5. The molecule has 154 valence electrons. The van der Waals surface area contributed by atoms with E-state index < -0.39 is 0 Å². The summed E-state index contributed by atoms with van der Waals surface area (Å²) in [6.07, 6.45) is 1.40. The molecule has 3 heterocycles. The van der Waals surface area contributed by atoms with E-state index in [-0.39, 0.29) is 30.4 Å². The van der Waals surface area contributed by atoms with Gasteiger partial charge in [-0.1, -0.05) is 28.1 Å². The van der Waals surface area contributed by atoms with Crippen LogP contribution < -0.4 is 15.6 Å². The minimum Gasteiger partial charge on any atom is -0.482 e. The number of nitrogens with zero attached hydrogens (tertiary/aromatic N) is 2. The van der Waals surface area contributed by atoms with Crippen LogP contribution in [0.25, 0.3) is 21.3 Å². The molecule has 31 heavy (non-hydrogen) atoms. The molecule has 4 aromatic rings. The Labute approximate surface area is 188 Å². The number of anilines is 1. The summed E-state index contributed by atoms with van der Waals surface area (Å²) < 4.78 is 7.58. The standard InChI is InChI=1S/C22H14BrN3O4S/c23-14-4-1-12(2-5-14)15-10-31-21-20(15)22(29)26(11-24-21)8-17(27)13-3-6-18-16(7-13)25-19(28)9-30-18/h1-7,10-11H,8-9H2,(H,25,28). The Morgan fingerprint density at radius 3 is 2.81 bits per heavy atom. The first-order valence-electron chi connectivity index (χ1n) is 9.32. The molecule has 1 aliphatic rings. The lowest BCUT2D eigenvalue weighted by Crippen LogP contribution is -2.26. The van der Waals surface area contributed by atoms with Gasteiger partial charge in [0, 0.05) is 21.0 Å². The van der Waals surface area contributed by atoms with E-state index in [1.54, 1.807) is 18.2 Å².